The summed E-state index contributed by atoms with van der Waals surface area (Å²) in [6.45, 7) is 2.18. The van der Waals surface area contributed by atoms with Crippen LogP contribution in [0.3, 0.4) is 0 Å². The minimum atomic E-state index is -0.207. The van der Waals surface area contributed by atoms with Crippen LogP contribution in [0.4, 0.5) is 11.4 Å². The average Bonchev–Trinajstić information content (AvgIpc) is 2.57. The molecule has 0 bridgehead atoms. The van der Waals surface area contributed by atoms with E-state index in [1.165, 1.54) is 6.08 Å². The van der Waals surface area contributed by atoms with E-state index in [2.05, 4.69) is 10.6 Å². The molecule has 0 radical (unpaired) electrons. The Hall–Kier alpha value is -2.92. The van der Waals surface area contributed by atoms with Crippen molar-refractivity contribution < 1.29 is 9.59 Å². The first-order valence-corrected chi connectivity index (χ1v) is 7.73. The molecule has 0 fully saturated rings. The first-order valence-electron chi connectivity index (χ1n) is 7.73. The number of hydrogen-bond donors (Lipinski definition) is 3. The number of benzene rings is 2. The third-order valence-corrected chi connectivity index (χ3v) is 3.37. The smallest absolute Gasteiger partial charge is 0.248 e. The van der Waals surface area contributed by atoms with Gasteiger partial charge in [-0.25, -0.2) is 0 Å². The molecule has 2 aromatic rings. The van der Waals surface area contributed by atoms with Crippen LogP contribution in [0, 0.1) is 6.92 Å². The molecule has 0 saturated heterocycles. The molecule has 5 nitrogen and oxygen atoms in total. The van der Waals surface area contributed by atoms with E-state index in [0.717, 1.165) is 11.1 Å². The maximum absolute atomic E-state index is 12.0. The lowest BCUT2D eigenvalue weighted by atomic mass is 10.1. The predicted molar refractivity (Wildman–Crippen MR) is 97.6 cm³/mol. The Labute approximate surface area is 141 Å². The van der Waals surface area contributed by atoms with Gasteiger partial charge in [0.25, 0.3) is 0 Å². The number of carbonyl (C=O) groups excluding carboxylic acids is 2. The zero-order valence-electron chi connectivity index (χ0n) is 13.6. The summed E-state index contributed by atoms with van der Waals surface area (Å²) in [5.74, 6) is -0.332. The van der Waals surface area contributed by atoms with E-state index >= 15 is 0 Å². The predicted octanol–water partition coefficient (Wildman–Crippen LogP) is 2.93. The van der Waals surface area contributed by atoms with Crippen molar-refractivity contribution in [2.24, 2.45) is 5.73 Å². The highest BCUT2D eigenvalue weighted by molar-refractivity contribution is 6.02. The number of hydrogen-bond acceptors (Lipinski definition) is 3. The Balaban J connectivity index is 1.98. The van der Waals surface area contributed by atoms with E-state index in [1.54, 1.807) is 18.2 Å². The van der Waals surface area contributed by atoms with Gasteiger partial charge >= 0.3 is 0 Å². The topological polar surface area (TPSA) is 84.2 Å². The van der Waals surface area contributed by atoms with Crippen molar-refractivity contribution in [3.05, 3.63) is 65.7 Å². The molecule has 0 atom stereocenters. The lowest BCUT2D eigenvalue weighted by Crippen LogP contribution is -2.16. The molecule has 0 aliphatic rings. The normalized spacial score (nSPS) is 10.6. The second-order valence-electron chi connectivity index (χ2n) is 5.35. The monoisotopic (exact) mass is 323 g/mol. The number of aryl methyl sites for hydroxylation is 1. The van der Waals surface area contributed by atoms with Crippen LogP contribution in [0.5, 0.6) is 0 Å². The van der Waals surface area contributed by atoms with Gasteiger partial charge in [0.2, 0.25) is 11.8 Å². The molecule has 0 aliphatic heterocycles. The van der Waals surface area contributed by atoms with Crippen LogP contribution in [0.25, 0.3) is 6.08 Å². The van der Waals surface area contributed by atoms with Crippen LogP contribution in [-0.2, 0) is 9.59 Å². The van der Waals surface area contributed by atoms with Crippen molar-refractivity contribution in [3.8, 4) is 0 Å². The number of amides is 2. The zero-order chi connectivity index (χ0) is 17.4. The van der Waals surface area contributed by atoms with E-state index in [0.29, 0.717) is 17.9 Å². The molecule has 4 N–H and O–H groups in total. The third kappa shape index (κ3) is 5.37. The van der Waals surface area contributed by atoms with Gasteiger partial charge in [0, 0.05) is 30.4 Å². The molecular weight excluding hydrogens is 302 g/mol. The van der Waals surface area contributed by atoms with Gasteiger partial charge in [-0.15, -0.1) is 0 Å². The first-order chi connectivity index (χ1) is 11.6. The molecule has 0 unspecified atom stereocenters. The van der Waals surface area contributed by atoms with Gasteiger partial charge in [0.05, 0.1) is 0 Å². The van der Waals surface area contributed by atoms with Crippen LogP contribution in [0.15, 0.2) is 54.6 Å². The van der Waals surface area contributed by atoms with E-state index in [4.69, 9.17) is 5.73 Å². The summed E-state index contributed by atoms with van der Waals surface area (Å²) >= 11 is 0. The molecule has 0 aliphatic carbocycles. The van der Waals surface area contributed by atoms with E-state index < -0.39 is 0 Å². The maximum Gasteiger partial charge on any atom is 0.248 e. The maximum atomic E-state index is 12.0. The molecule has 2 rings (SSSR count). The lowest BCUT2D eigenvalue weighted by molar-refractivity contribution is -0.116. The standard InChI is InChI=1S/C19H21N3O2/c1-14-13-16(21-19(24)11-12-20)8-9-17(14)22-18(23)10-7-15-5-3-2-4-6-15/h2-10,13H,11-12,20H2,1H3,(H,21,24)(H,22,23)/b10-7+. The summed E-state index contributed by atoms with van der Waals surface area (Å²) in [6.07, 6.45) is 3.53. The summed E-state index contributed by atoms with van der Waals surface area (Å²) in [5.41, 5.74) is 8.56. The third-order valence-electron chi connectivity index (χ3n) is 3.37. The van der Waals surface area contributed by atoms with Crippen molar-refractivity contribution in [1.82, 2.24) is 0 Å². The molecule has 0 aromatic heterocycles. The van der Waals surface area contributed by atoms with Gasteiger partial charge in [-0.1, -0.05) is 30.3 Å². The molecule has 5 heteroatoms. The van der Waals surface area contributed by atoms with E-state index in [1.807, 2.05) is 43.3 Å². The molecule has 0 saturated carbocycles. The Morgan fingerprint density at radius 1 is 1.08 bits per heavy atom. The zero-order valence-corrected chi connectivity index (χ0v) is 13.6. The van der Waals surface area contributed by atoms with Gasteiger partial charge in [0.1, 0.15) is 0 Å². The first kappa shape index (κ1) is 17.4. The van der Waals surface area contributed by atoms with Gasteiger partial charge in [0.15, 0.2) is 0 Å². The van der Waals surface area contributed by atoms with Crippen molar-refractivity contribution in [1.29, 1.82) is 0 Å². The summed E-state index contributed by atoms with van der Waals surface area (Å²) in [5, 5.41) is 5.59. The van der Waals surface area contributed by atoms with Crippen molar-refractivity contribution >= 4 is 29.3 Å². The van der Waals surface area contributed by atoms with Crippen LogP contribution >= 0.6 is 0 Å². The number of rotatable bonds is 6. The van der Waals surface area contributed by atoms with E-state index in [9.17, 15) is 9.59 Å². The average molecular weight is 323 g/mol. The van der Waals surface area contributed by atoms with Gasteiger partial charge < -0.3 is 16.4 Å². The highest BCUT2D eigenvalue weighted by atomic mass is 16.2. The largest absolute Gasteiger partial charge is 0.330 e. The Morgan fingerprint density at radius 3 is 2.50 bits per heavy atom. The van der Waals surface area contributed by atoms with Crippen LogP contribution in [0.1, 0.15) is 17.5 Å². The minimum absolute atomic E-state index is 0.125. The van der Waals surface area contributed by atoms with Crippen molar-refractivity contribution in [2.45, 2.75) is 13.3 Å². The fraction of sp³-hybridized carbons (Fsp3) is 0.158. The SMILES string of the molecule is Cc1cc(NC(=O)CCN)ccc1NC(=O)/C=C/c1ccccc1. The lowest BCUT2D eigenvalue weighted by Gasteiger charge is -2.10. The van der Waals surface area contributed by atoms with Crippen molar-refractivity contribution in [2.75, 3.05) is 17.2 Å². The number of anilines is 2. The van der Waals surface area contributed by atoms with Crippen LogP contribution in [-0.4, -0.2) is 18.4 Å². The molecular formula is C19H21N3O2. The fourth-order valence-electron chi connectivity index (χ4n) is 2.15. The summed E-state index contributed by atoms with van der Waals surface area (Å²) in [4.78, 5) is 23.5. The minimum Gasteiger partial charge on any atom is -0.330 e. The summed E-state index contributed by atoms with van der Waals surface area (Å²) in [7, 11) is 0. The molecule has 2 aromatic carbocycles. The number of nitrogens with two attached hydrogens (primary N) is 1. The highest BCUT2D eigenvalue weighted by Gasteiger charge is 2.05. The van der Waals surface area contributed by atoms with Gasteiger partial charge in [-0.3, -0.25) is 9.59 Å². The molecule has 0 spiro atoms. The van der Waals surface area contributed by atoms with Gasteiger partial charge in [-0.05, 0) is 42.3 Å². The number of nitrogens with one attached hydrogen (secondary N) is 2. The second-order valence-corrected chi connectivity index (χ2v) is 5.35. The fourth-order valence-corrected chi connectivity index (χ4v) is 2.15. The van der Waals surface area contributed by atoms with Crippen molar-refractivity contribution in [3.63, 3.8) is 0 Å². The Morgan fingerprint density at radius 2 is 1.83 bits per heavy atom. The second kappa shape index (κ2) is 8.64. The molecule has 124 valence electrons. The summed E-state index contributed by atoms with van der Waals surface area (Å²) < 4.78 is 0. The Kier molecular flexibility index (Phi) is 6.28. The Bertz CT molecular complexity index is 740. The van der Waals surface area contributed by atoms with Crippen LogP contribution < -0.4 is 16.4 Å². The highest BCUT2D eigenvalue weighted by Crippen LogP contribution is 2.20. The summed E-state index contributed by atoms with van der Waals surface area (Å²) in [6, 6.07) is 14.9. The van der Waals surface area contributed by atoms with Gasteiger partial charge in [-0.2, -0.15) is 0 Å². The molecule has 2 amide bonds. The molecule has 24 heavy (non-hydrogen) atoms. The van der Waals surface area contributed by atoms with Crippen LogP contribution in [0.2, 0.25) is 0 Å². The number of carbonyl (C=O) groups is 2. The van der Waals surface area contributed by atoms with E-state index in [-0.39, 0.29) is 18.2 Å². The molecule has 0 heterocycles. The quantitative estimate of drug-likeness (QED) is 0.715.